The topological polar surface area (TPSA) is 55.7 Å². The van der Waals surface area contributed by atoms with Crippen molar-refractivity contribution in [1.82, 2.24) is 14.9 Å². The average Bonchev–Trinajstić information content (AvgIpc) is 3.08. The van der Waals surface area contributed by atoms with Crippen LogP contribution in [0.3, 0.4) is 0 Å². The number of hydrogen-bond acceptors (Lipinski definition) is 3. The molecule has 0 spiro atoms. The van der Waals surface area contributed by atoms with E-state index < -0.39 is 11.6 Å². The van der Waals surface area contributed by atoms with E-state index in [9.17, 15) is 8.78 Å². The zero-order valence-corrected chi connectivity index (χ0v) is 13.6. The van der Waals surface area contributed by atoms with E-state index in [4.69, 9.17) is 5.26 Å². The molecule has 2 heterocycles. The number of nitrogens with zero attached hydrogens (tertiary/aromatic N) is 3. The second kappa shape index (κ2) is 7.10. The van der Waals surface area contributed by atoms with Crippen molar-refractivity contribution in [1.29, 1.82) is 5.26 Å². The smallest absolute Gasteiger partial charge is 0.159 e. The van der Waals surface area contributed by atoms with Crippen LogP contribution in [-0.2, 0) is 0 Å². The molecular formula is C18H20F2N4. The van der Waals surface area contributed by atoms with Gasteiger partial charge in [0.2, 0.25) is 0 Å². The van der Waals surface area contributed by atoms with Crippen molar-refractivity contribution in [2.24, 2.45) is 0 Å². The summed E-state index contributed by atoms with van der Waals surface area (Å²) in [6.07, 6.45) is 4.17. The molecule has 1 aromatic heterocycles. The molecular weight excluding hydrogens is 310 g/mol. The third-order valence-electron chi connectivity index (χ3n) is 4.75. The molecule has 0 radical (unpaired) electrons. The first-order chi connectivity index (χ1) is 11.6. The molecule has 2 aromatic rings. The van der Waals surface area contributed by atoms with Crippen molar-refractivity contribution in [3.8, 4) is 17.3 Å². The summed E-state index contributed by atoms with van der Waals surface area (Å²) in [5, 5.41) is 8.80. The maximum atomic E-state index is 13.4. The maximum absolute atomic E-state index is 13.4. The highest BCUT2D eigenvalue weighted by molar-refractivity contribution is 5.58. The molecule has 1 aliphatic rings. The van der Waals surface area contributed by atoms with Crippen molar-refractivity contribution in [3.05, 3.63) is 41.9 Å². The van der Waals surface area contributed by atoms with Crippen LogP contribution < -0.4 is 0 Å². The van der Waals surface area contributed by atoms with E-state index in [0.29, 0.717) is 23.6 Å². The summed E-state index contributed by atoms with van der Waals surface area (Å²) in [6.45, 7) is 3.96. The van der Waals surface area contributed by atoms with Gasteiger partial charge in [-0.05, 0) is 51.1 Å². The lowest BCUT2D eigenvalue weighted by Crippen LogP contribution is -2.39. The van der Waals surface area contributed by atoms with Gasteiger partial charge in [-0.25, -0.2) is 13.8 Å². The van der Waals surface area contributed by atoms with Crippen LogP contribution in [0.5, 0.6) is 0 Å². The molecule has 4 nitrogen and oxygen atoms in total. The molecule has 0 bridgehead atoms. The Morgan fingerprint density at radius 1 is 1.33 bits per heavy atom. The number of likely N-dealkylation sites (tertiary alicyclic amines) is 1. The number of H-pyrrole nitrogens is 1. The van der Waals surface area contributed by atoms with Gasteiger partial charge in [-0.15, -0.1) is 0 Å². The van der Waals surface area contributed by atoms with E-state index in [1.165, 1.54) is 6.07 Å². The fourth-order valence-corrected chi connectivity index (χ4v) is 3.23. The van der Waals surface area contributed by atoms with Gasteiger partial charge in [0.05, 0.1) is 24.4 Å². The molecule has 0 saturated carbocycles. The van der Waals surface area contributed by atoms with Crippen LogP contribution in [0.4, 0.5) is 8.78 Å². The normalized spacial score (nSPS) is 17.6. The number of hydrogen-bond donors (Lipinski definition) is 1. The van der Waals surface area contributed by atoms with Crippen LogP contribution in [0.1, 0.15) is 37.9 Å². The van der Waals surface area contributed by atoms with Crippen LogP contribution in [0.25, 0.3) is 11.3 Å². The van der Waals surface area contributed by atoms with Crippen molar-refractivity contribution in [2.75, 3.05) is 13.1 Å². The SMILES string of the molecule is C[C@H](CC#N)N1CCC(c2ncc(-c3ccc(F)c(F)c3)[nH]2)CC1. The van der Waals surface area contributed by atoms with E-state index in [2.05, 4.69) is 27.9 Å². The minimum atomic E-state index is -0.858. The first kappa shape index (κ1) is 16.6. The summed E-state index contributed by atoms with van der Waals surface area (Å²) in [6, 6.07) is 6.35. The van der Waals surface area contributed by atoms with Gasteiger partial charge in [-0.3, -0.25) is 4.90 Å². The number of imidazole rings is 1. The van der Waals surface area contributed by atoms with E-state index in [0.717, 1.165) is 37.8 Å². The number of nitrogens with one attached hydrogen (secondary N) is 1. The van der Waals surface area contributed by atoms with Crippen LogP contribution in [-0.4, -0.2) is 34.0 Å². The lowest BCUT2D eigenvalue weighted by molar-refractivity contribution is 0.161. The highest BCUT2D eigenvalue weighted by Crippen LogP contribution is 2.29. The zero-order chi connectivity index (χ0) is 17.1. The Hall–Kier alpha value is -2.26. The Balaban J connectivity index is 1.66. The van der Waals surface area contributed by atoms with E-state index in [1.54, 1.807) is 12.3 Å². The largest absolute Gasteiger partial charge is 0.342 e. The molecule has 3 rings (SSSR count). The highest BCUT2D eigenvalue weighted by atomic mass is 19.2. The first-order valence-corrected chi connectivity index (χ1v) is 8.20. The molecule has 1 aromatic carbocycles. The zero-order valence-electron chi connectivity index (χ0n) is 13.6. The summed E-state index contributed by atoms with van der Waals surface area (Å²) in [5.74, 6) is -0.488. The van der Waals surface area contributed by atoms with Gasteiger partial charge >= 0.3 is 0 Å². The van der Waals surface area contributed by atoms with Crippen molar-refractivity contribution >= 4 is 0 Å². The number of nitriles is 1. The highest BCUT2D eigenvalue weighted by Gasteiger charge is 2.25. The molecule has 1 fully saturated rings. The van der Waals surface area contributed by atoms with Gasteiger partial charge in [-0.1, -0.05) is 0 Å². The van der Waals surface area contributed by atoms with Gasteiger partial charge in [0.15, 0.2) is 11.6 Å². The Kier molecular flexibility index (Phi) is 4.91. The Morgan fingerprint density at radius 2 is 2.08 bits per heavy atom. The first-order valence-electron chi connectivity index (χ1n) is 8.20. The summed E-state index contributed by atoms with van der Waals surface area (Å²) in [4.78, 5) is 10.0. The molecule has 0 aliphatic carbocycles. The van der Waals surface area contributed by atoms with Crippen LogP contribution >= 0.6 is 0 Å². The lowest BCUT2D eigenvalue weighted by atomic mass is 9.95. The predicted molar refractivity (Wildman–Crippen MR) is 87.2 cm³/mol. The summed E-state index contributed by atoms with van der Waals surface area (Å²) in [7, 11) is 0. The minimum Gasteiger partial charge on any atom is -0.342 e. The average molecular weight is 330 g/mol. The molecule has 1 saturated heterocycles. The molecule has 0 amide bonds. The predicted octanol–water partition coefficient (Wildman–Crippen LogP) is 3.84. The van der Waals surface area contributed by atoms with Gasteiger partial charge in [-0.2, -0.15) is 5.26 Å². The Bertz CT molecular complexity index is 742. The Labute approximate surface area is 140 Å². The fraction of sp³-hybridized carbons (Fsp3) is 0.444. The second-order valence-electron chi connectivity index (χ2n) is 6.33. The van der Waals surface area contributed by atoms with Gasteiger partial charge in [0.25, 0.3) is 0 Å². The number of aromatic amines is 1. The summed E-state index contributed by atoms with van der Waals surface area (Å²) in [5.41, 5.74) is 1.29. The number of benzene rings is 1. The van der Waals surface area contributed by atoms with Crippen LogP contribution in [0.15, 0.2) is 24.4 Å². The summed E-state index contributed by atoms with van der Waals surface area (Å²) < 4.78 is 26.4. The molecule has 0 unspecified atom stereocenters. The lowest BCUT2D eigenvalue weighted by Gasteiger charge is -2.34. The van der Waals surface area contributed by atoms with Crippen molar-refractivity contribution in [2.45, 2.75) is 38.1 Å². The molecule has 1 N–H and O–H groups in total. The van der Waals surface area contributed by atoms with Crippen LogP contribution in [0.2, 0.25) is 0 Å². The molecule has 6 heteroatoms. The minimum absolute atomic E-state index is 0.283. The van der Waals surface area contributed by atoms with Crippen molar-refractivity contribution in [3.63, 3.8) is 0 Å². The van der Waals surface area contributed by atoms with Gasteiger partial charge in [0.1, 0.15) is 5.82 Å². The third kappa shape index (κ3) is 3.46. The van der Waals surface area contributed by atoms with E-state index in [1.807, 2.05) is 0 Å². The van der Waals surface area contributed by atoms with Crippen molar-refractivity contribution < 1.29 is 8.78 Å². The van der Waals surface area contributed by atoms with E-state index in [-0.39, 0.29) is 6.04 Å². The fourth-order valence-electron chi connectivity index (χ4n) is 3.23. The quantitative estimate of drug-likeness (QED) is 0.927. The maximum Gasteiger partial charge on any atom is 0.159 e. The molecule has 1 atom stereocenters. The number of halogens is 2. The van der Waals surface area contributed by atoms with Crippen LogP contribution in [0, 0.1) is 23.0 Å². The summed E-state index contributed by atoms with van der Waals surface area (Å²) >= 11 is 0. The monoisotopic (exact) mass is 330 g/mol. The van der Waals surface area contributed by atoms with Gasteiger partial charge < -0.3 is 4.98 Å². The molecule has 126 valence electrons. The Morgan fingerprint density at radius 3 is 2.75 bits per heavy atom. The third-order valence-corrected chi connectivity index (χ3v) is 4.75. The number of piperidine rings is 1. The number of rotatable bonds is 4. The number of aromatic nitrogens is 2. The standard InChI is InChI=1S/C18H20F2N4/c1-12(4-7-21)24-8-5-13(6-9-24)18-22-11-17(23-18)14-2-3-15(19)16(20)10-14/h2-3,10-13H,4-6,8-9H2,1H3,(H,22,23)/t12-/m1/s1. The van der Waals surface area contributed by atoms with Gasteiger partial charge in [0, 0.05) is 17.5 Å². The van der Waals surface area contributed by atoms with E-state index >= 15 is 0 Å². The molecule has 24 heavy (non-hydrogen) atoms. The second-order valence-corrected chi connectivity index (χ2v) is 6.33. The molecule has 1 aliphatic heterocycles.